The lowest BCUT2D eigenvalue weighted by Crippen LogP contribution is -2.03. The van der Waals surface area contributed by atoms with Crippen LogP contribution in [0.1, 0.15) is 36.7 Å². The van der Waals surface area contributed by atoms with Crippen molar-refractivity contribution in [2.24, 2.45) is 0 Å². The molecule has 2 rings (SSSR count). The minimum atomic E-state index is -0.155. The van der Waals surface area contributed by atoms with E-state index in [4.69, 9.17) is 18.9 Å². The van der Waals surface area contributed by atoms with Gasteiger partial charge in [0.1, 0.15) is 23.0 Å². The molecular formula is C22H26O5. The minimum Gasteiger partial charge on any atom is -0.496 e. The van der Waals surface area contributed by atoms with Crippen molar-refractivity contribution in [2.75, 3.05) is 26.9 Å². The summed E-state index contributed by atoms with van der Waals surface area (Å²) >= 11 is 0. The fraction of sp³-hybridized carbons (Fsp3) is 0.318. The monoisotopic (exact) mass is 370 g/mol. The summed E-state index contributed by atoms with van der Waals surface area (Å²) in [6.45, 7) is 7.30. The molecule has 0 bridgehead atoms. The van der Waals surface area contributed by atoms with E-state index in [-0.39, 0.29) is 5.78 Å². The normalized spacial score (nSPS) is 10.7. The van der Waals surface area contributed by atoms with E-state index in [1.54, 1.807) is 37.5 Å². The van der Waals surface area contributed by atoms with Crippen LogP contribution in [0.2, 0.25) is 0 Å². The zero-order valence-electron chi connectivity index (χ0n) is 16.3. The zero-order valence-corrected chi connectivity index (χ0v) is 16.3. The fourth-order valence-corrected chi connectivity index (χ4v) is 2.58. The fourth-order valence-electron chi connectivity index (χ4n) is 2.58. The van der Waals surface area contributed by atoms with Crippen molar-refractivity contribution in [2.45, 2.75) is 20.8 Å². The topological polar surface area (TPSA) is 54.0 Å². The van der Waals surface area contributed by atoms with Gasteiger partial charge in [0.15, 0.2) is 5.78 Å². The quantitative estimate of drug-likeness (QED) is 0.445. The molecule has 0 heterocycles. The number of ether oxygens (including phenoxy) is 4. The average Bonchev–Trinajstić information content (AvgIpc) is 2.67. The van der Waals surface area contributed by atoms with E-state index in [2.05, 4.69) is 0 Å². The van der Waals surface area contributed by atoms with Crippen molar-refractivity contribution in [3.8, 4) is 23.0 Å². The van der Waals surface area contributed by atoms with Crippen LogP contribution in [0.25, 0.3) is 6.08 Å². The molecule has 0 N–H and O–H groups in total. The number of methoxy groups -OCH3 is 1. The van der Waals surface area contributed by atoms with E-state index >= 15 is 0 Å². The molecule has 0 saturated heterocycles. The number of allylic oxidation sites excluding steroid dienone is 1. The molecule has 0 radical (unpaired) electrons. The van der Waals surface area contributed by atoms with E-state index in [1.807, 2.05) is 32.9 Å². The Labute approximate surface area is 160 Å². The van der Waals surface area contributed by atoms with Crippen LogP contribution in [0.15, 0.2) is 42.5 Å². The molecule has 27 heavy (non-hydrogen) atoms. The number of hydrogen-bond donors (Lipinski definition) is 0. The molecule has 0 spiro atoms. The van der Waals surface area contributed by atoms with Crippen LogP contribution in [-0.4, -0.2) is 32.7 Å². The first-order valence-electron chi connectivity index (χ1n) is 9.05. The number of ketones is 1. The van der Waals surface area contributed by atoms with Gasteiger partial charge in [0.25, 0.3) is 0 Å². The summed E-state index contributed by atoms with van der Waals surface area (Å²) in [6.07, 6.45) is 3.24. The number of carbonyl (C=O) groups excluding carboxylic acids is 1. The van der Waals surface area contributed by atoms with Crippen LogP contribution in [0.3, 0.4) is 0 Å². The third kappa shape index (κ3) is 5.51. The average molecular weight is 370 g/mol. The lowest BCUT2D eigenvalue weighted by Gasteiger charge is -2.11. The maximum atomic E-state index is 12.7. The number of carbonyl (C=O) groups is 1. The molecule has 0 aliphatic heterocycles. The van der Waals surface area contributed by atoms with E-state index in [9.17, 15) is 4.79 Å². The third-order valence-electron chi connectivity index (χ3n) is 3.76. The van der Waals surface area contributed by atoms with Crippen LogP contribution in [0.5, 0.6) is 23.0 Å². The highest BCUT2D eigenvalue weighted by Gasteiger charge is 2.12. The smallest absolute Gasteiger partial charge is 0.189 e. The standard InChI is InChI=1S/C22H26O5/c1-5-25-17-10-8-16(21(14-17)24-4)9-13-20(23)19-12-11-18(26-6-2)15-22(19)27-7-3/h8-15H,5-7H2,1-4H3. The van der Waals surface area contributed by atoms with Gasteiger partial charge in [-0.05, 0) is 57.2 Å². The van der Waals surface area contributed by atoms with Crippen molar-refractivity contribution in [1.29, 1.82) is 0 Å². The van der Waals surface area contributed by atoms with Gasteiger partial charge in [-0.1, -0.05) is 0 Å². The molecule has 0 aromatic heterocycles. The molecule has 0 amide bonds. The van der Waals surface area contributed by atoms with Crippen molar-refractivity contribution in [3.05, 3.63) is 53.6 Å². The van der Waals surface area contributed by atoms with Crippen molar-refractivity contribution in [3.63, 3.8) is 0 Å². The van der Waals surface area contributed by atoms with Crippen molar-refractivity contribution < 1.29 is 23.7 Å². The number of benzene rings is 2. The SMILES string of the molecule is CCOc1ccc(C=CC(=O)c2ccc(OCC)cc2OCC)c(OC)c1. The second-order valence-electron chi connectivity index (χ2n) is 5.56. The maximum absolute atomic E-state index is 12.7. The molecule has 0 atom stereocenters. The minimum absolute atomic E-state index is 0.155. The Morgan fingerprint density at radius 1 is 0.852 bits per heavy atom. The number of rotatable bonds is 10. The Morgan fingerprint density at radius 2 is 1.44 bits per heavy atom. The van der Waals surface area contributed by atoms with E-state index in [1.165, 1.54) is 6.08 Å². The lowest BCUT2D eigenvalue weighted by molar-refractivity contribution is 0.104. The maximum Gasteiger partial charge on any atom is 0.189 e. The second kappa shape index (κ2) is 10.3. The van der Waals surface area contributed by atoms with E-state index < -0.39 is 0 Å². The Balaban J connectivity index is 2.26. The summed E-state index contributed by atoms with van der Waals surface area (Å²) in [7, 11) is 1.59. The highest BCUT2D eigenvalue weighted by atomic mass is 16.5. The molecular weight excluding hydrogens is 344 g/mol. The Morgan fingerprint density at radius 3 is 2.04 bits per heavy atom. The highest BCUT2D eigenvalue weighted by molar-refractivity contribution is 6.08. The van der Waals surface area contributed by atoms with Gasteiger partial charge in [-0.3, -0.25) is 4.79 Å². The van der Waals surface area contributed by atoms with Gasteiger partial charge in [0.05, 0.1) is 32.5 Å². The molecule has 0 aliphatic carbocycles. The summed E-state index contributed by atoms with van der Waals surface area (Å²) in [5.74, 6) is 2.40. The van der Waals surface area contributed by atoms with E-state index in [0.717, 1.165) is 11.3 Å². The molecule has 2 aromatic carbocycles. The first-order valence-corrected chi connectivity index (χ1v) is 9.05. The summed E-state index contributed by atoms with van der Waals surface area (Å²) in [6, 6.07) is 10.7. The molecule has 5 heteroatoms. The van der Waals surface area contributed by atoms with Gasteiger partial charge in [-0.25, -0.2) is 0 Å². The molecule has 0 saturated carbocycles. The molecule has 0 aliphatic rings. The first-order chi connectivity index (χ1) is 13.1. The molecule has 144 valence electrons. The predicted molar refractivity (Wildman–Crippen MR) is 106 cm³/mol. The Kier molecular flexibility index (Phi) is 7.74. The largest absolute Gasteiger partial charge is 0.496 e. The van der Waals surface area contributed by atoms with Gasteiger partial charge in [0, 0.05) is 17.7 Å². The third-order valence-corrected chi connectivity index (χ3v) is 3.76. The van der Waals surface area contributed by atoms with Crippen LogP contribution in [0, 0.1) is 0 Å². The van der Waals surface area contributed by atoms with Crippen molar-refractivity contribution in [1.82, 2.24) is 0 Å². The van der Waals surface area contributed by atoms with Crippen LogP contribution >= 0.6 is 0 Å². The predicted octanol–water partition coefficient (Wildman–Crippen LogP) is 4.79. The van der Waals surface area contributed by atoms with Gasteiger partial charge < -0.3 is 18.9 Å². The summed E-state index contributed by atoms with van der Waals surface area (Å²) in [4.78, 5) is 12.7. The highest BCUT2D eigenvalue weighted by Crippen LogP contribution is 2.28. The molecule has 0 unspecified atom stereocenters. The Bertz CT molecular complexity index is 795. The second-order valence-corrected chi connectivity index (χ2v) is 5.56. The molecule has 5 nitrogen and oxygen atoms in total. The Hall–Kier alpha value is -2.95. The first kappa shape index (κ1) is 20.4. The summed E-state index contributed by atoms with van der Waals surface area (Å²) in [5, 5.41) is 0. The van der Waals surface area contributed by atoms with Gasteiger partial charge in [0.2, 0.25) is 0 Å². The summed E-state index contributed by atoms with van der Waals surface area (Å²) in [5.41, 5.74) is 1.28. The van der Waals surface area contributed by atoms with Crippen molar-refractivity contribution >= 4 is 11.9 Å². The van der Waals surface area contributed by atoms with Crippen LogP contribution in [-0.2, 0) is 0 Å². The lowest BCUT2D eigenvalue weighted by atomic mass is 10.1. The van der Waals surface area contributed by atoms with Gasteiger partial charge >= 0.3 is 0 Å². The molecule has 0 fully saturated rings. The van der Waals surface area contributed by atoms with Gasteiger partial charge in [-0.15, -0.1) is 0 Å². The zero-order chi connectivity index (χ0) is 19.6. The van der Waals surface area contributed by atoms with E-state index in [0.29, 0.717) is 42.6 Å². The van der Waals surface area contributed by atoms with Gasteiger partial charge in [-0.2, -0.15) is 0 Å². The van der Waals surface area contributed by atoms with Crippen LogP contribution < -0.4 is 18.9 Å². The van der Waals surface area contributed by atoms with Crippen LogP contribution in [0.4, 0.5) is 0 Å². The molecule has 2 aromatic rings. The summed E-state index contributed by atoms with van der Waals surface area (Å²) < 4.78 is 22.0. The number of hydrogen-bond acceptors (Lipinski definition) is 5.